The normalized spacial score (nSPS) is 16.7. The first-order valence-corrected chi connectivity index (χ1v) is 11.9. The number of ether oxygens (including phenoxy) is 1. The lowest BCUT2D eigenvalue weighted by Gasteiger charge is -2.30. The molecule has 2 aliphatic heterocycles. The maximum Gasteiger partial charge on any atom is 0.272 e. The van der Waals surface area contributed by atoms with Crippen LogP contribution in [-0.2, 0) is 11.2 Å². The van der Waals surface area contributed by atoms with Crippen molar-refractivity contribution in [3.8, 4) is 11.4 Å². The third kappa shape index (κ3) is 4.33. The largest absolute Gasteiger partial charge is 0.497 e. The molecule has 2 aromatic rings. The number of piperidine rings is 1. The third-order valence-corrected chi connectivity index (χ3v) is 7.47. The molecule has 154 valence electrons. The van der Waals surface area contributed by atoms with Gasteiger partial charge in [0.15, 0.2) is 5.16 Å². The molecule has 0 unspecified atom stereocenters. The Labute approximate surface area is 179 Å². The van der Waals surface area contributed by atoms with Gasteiger partial charge in [0, 0.05) is 31.3 Å². The first-order valence-electron chi connectivity index (χ1n) is 9.90. The molecule has 0 spiro atoms. The van der Waals surface area contributed by atoms with E-state index in [0.29, 0.717) is 27.4 Å². The summed E-state index contributed by atoms with van der Waals surface area (Å²) < 4.78 is 6.95. The maximum atomic E-state index is 13.2. The predicted octanol–water partition coefficient (Wildman–Crippen LogP) is 3.24. The number of nitrogens with zero attached hydrogens (tertiary/aromatic N) is 3. The molecule has 4 rings (SSSR count). The van der Waals surface area contributed by atoms with Crippen LogP contribution in [0.1, 0.15) is 25.5 Å². The van der Waals surface area contributed by atoms with Crippen LogP contribution in [0.3, 0.4) is 0 Å². The van der Waals surface area contributed by atoms with Crippen molar-refractivity contribution in [3.05, 3.63) is 40.3 Å². The van der Waals surface area contributed by atoms with Gasteiger partial charge in [-0.05, 0) is 30.9 Å². The molecule has 0 radical (unpaired) electrons. The Hall–Kier alpha value is -1.93. The van der Waals surface area contributed by atoms with Gasteiger partial charge < -0.3 is 9.64 Å². The standard InChI is InChI=1S/C21H25N3O3S2/c1-14-6-9-23(10-7-14)18(25)13-29-21-22-17-8-11-28-19(17)20(26)24(21)15-4-3-5-16(12-15)27-2/h3-5,12,14H,6-11,13H2,1-2H3. The highest BCUT2D eigenvalue weighted by molar-refractivity contribution is 8.00. The fourth-order valence-electron chi connectivity index (χ4n) is 3.64. The minimum Gasteiger partial charge on any atom is -0.497 e. The van der Waals surface area contributed by atoms with Gasteiger partial charge in [-0.3, -0.25) is 14.2 Å². The van der Waals surface area contributed by atoms with Gasteiger partial charge in [0.05, 0.1) is 29.1 Å². The van der Waals surface area contributed by atoms with E-state index in [0.717, 1.165) is 43.8 Å². The number of hydrogen-bond donors (Lipinski definition) is 0. The molecule has 1 saturated heterocycles. The van der Waals surface area contributed by atoms with Crippen molar-refractivity contribution in [2.24, 2.45) is 5.92 Å². The van der Waals surface area contributed by atoms with Crippen LogP contribution in [0.15, 0.2) is 39.1 Å². The number of aryl methyl sites for hydroxylation is 1. The third-order valence-electron chi connectivity index (χ3n) is 5.44. The van der Waals surface area contributed by atoms with Crippen molar-refractivity contribution in [2.75, 3.05) is 31.7 Å². The summed E-state index contributed by atoms with van der Waals surface area (Å²) in [6.07, 6.45) is 2.90. The van der Waals surface area contributed by atoms with Gasteiger partial charge in [-0.25, -0.2) is 4.98 Å². The highest BCUT2D eigenvalue weighted by Crippen LogP contribution is 2.30. The summed E-state index contributed by atoms with van der Waals surface area (Å²) in [5.74, 6) is 2.63. The summed E-state index contributed by atoms with van der Waals surface area (Å²) in [5, 5.41) is 0.572. The van der Waals surface area contributed by atoms with E-state index in [1.807, 2.05) is 29.2 Å². The van der Waals surface area contributed by atoms with Gasteiger partial charge in [-0.1, -0.05) is 24.8 Å². The van der Waals surface area contributed by atoms with E-state index >= 15 is 0 Å². The van der Waals surface area contributed by atoms with E-state index < -0.39 is 0 Å². The number of benzene rings is 1. The van der Waals surface area contributed by atoms with Crippen LogP contribution in [0.2, 0.25) is 0 Å². The molecule has 1 aromatic carbocycles. The van der Waals surface area contributed by atoms with Crippen LogP contribution >= 0.6 is 23.5 Å². The maximum absolute atomic E-state index is 13.2. The van der Waals surface area contributed by atoms with Crippen LogP contribution in [0.25, 0.3) is 5.69 Å². The van der Waals surface area contributed by atoms with Gasteiger partial charge in [-0.15, -0.1) is 11.8 Å². The Balaban J connectivity index is 1.63. The second-order valence-electron chi connectivity index (χ2n) is 7.46. The molecule has 0 aliphatic carbocycles. The van der Waals surface area contributed by atoms with E-state index in [1.54, 1.807) is 23.4 Å². The van der Waals surface area contributed by atoms with Crippen LogP contribution in [0, 0.1) is 5.92 Å². The van der Waals surface area contributed by atoms with Crippen molar-refractivity contribution in [3.63, 3.8) is 0 Å². The first kappa shape index (κ1) is 20.3. The molecule has 0 atom stereocenters. The molecule has 1 fully saturated rings. The molecule has 0 N–H and O–H groups in total. The number of rotatable bonds is 5. The summed E-state index contributed by atoms with van der Waals surface area (Å²) >= 11 is 2.91. The van der Waals surface area contributed by atoms with Crippen molar-refractivity contribution >= 4 is 29.4 Å². The monoisotopic (exact) mass is 431 g/mol. The first-order chi connectivity index (χ1) is 14.1. The van der Waals surface area contributed by atoms with Gasteiger partial charge >= 0.3 is 0 Å². The lowest BCUT2D eigenvalue weighted by Crippen LogP contribution is -2.39. The number of amides is 1. The number of carbonyl (C=O) groups is 1. The molecule has 0 saturated carbocycles. The fourth-order valence-corrected chi connectivity index (χ4v) is 5.60. The van der Waals surface area contributed by atoms with Crippen LogP contribution in [-0.4, -0.2) is 52.1 Å². The average Bonchev–Trinajstić information content (AvgIpc) is 3.21. The molecule has 0 bridgehead atoms. The smallest absolute Gasteiger partial charge is 0.272 e. The van der Waals surface area contributed by atoms with Crippen LogP contribution in [0.4, 0.5) is 0 Å². The van der Waals surface area contributed by atoms with Crippen LogP contribution < -0.4 is 10.3 Å². The second-order valence-corrected chi connectivity index (χ2v) is 9.51. The van der Waals surface area contributed by atoms with E-state index in [-0.39, 0.29) is 17.2 Å². The van der Waals surface area contributed by atoms with Crippen molar-refractivity contribution < 1.29 is 9.53 Å². The minimum absolute atomic E-state index is 0.0625. The lowest BCUT2D eigenvalue weighted by molar-refractivity contribution is -0.129. The quantitative estimate of drug-likeness (QED) is 0.535. The number of carbonyl (C=O) groups excluding carboxylic acids is 1. The summed E-state index contributed by atoms with van der Waals surface area (Å²) in [5.41, 5.74) is 1.49. The molecule has 8 heteroatoms. The Morgan fingerprint density at radius 2 is 2.14 bits per heavy atom. The average molecular weight is 432 g/mol. The fraction of sp³-hybridized carbons (Fsp3) is 0.476. The minimum atomic E-state index is -0.0625. The summed E-state index contributed by atoms with van der Waals surface area (Å²) in [7, 11) is 1.60. The molecule has 6 nitrogen and oxygen atoms in total. The van der Waals surface area contributed by atoms with Crippen molar-refractivity contribution in [1.82, 2.24) is 14.5 Å². The van der Waals surface area contributed by atoms with Gasteiger partial charge in [0.1, 0.15) is 5.75 Å². The van der Waals surface area contributed by atoms with Gasteiger partial charge in [-0.2, -0.15) is 0 Å². The van der Waals surface area contributed by atoms with Gasteiger partial charge in [0.25, 0.3) is 5.56 Å². The molecule has 3 heterocycles. The van der Waals surface area contributed by atoms with E-state index in [9.17, 15) is 9.59 Å². The second kappa shape index (κ2) is 8.83. The Bertz CT molecular complexity index is 968. The number of fused-ring (bicyclic) bond motifs is 1. The summed E-state index contributed by atoms with van der Waals surface area (Å²) in [4.78, 5) is 33.3. The van der Waals surface area contributed by atoms with E-state index in [4.69, 9.17) is 9.72 Å². The lowest BCUT2D eigenvalue weighted by atomic mass is 9.99. The molecule has 1 amide bonds. The number of hydrogen-bond acceptors (Lipinski definition) is 6. The van der Waals surface area contributed by atoms with E-state index in [1.165, 1.54) is 11.8 Å². The zero-order valence-corrected chi connectivity index (χ0v) is 18.4. The zero-order valence-electron chi connectivity index (χ0n) is 16.7. The zero-order chi connectivity index (χ0) is 20.4. The van der Waals surface area contributed by atoms with E-state index in [2.05, 4.69) is 6.92 Å². The molecule has 29 heavy (non-hydrogen) atoms. The molecular weight excluding hydrogens is 406 g/mol. The predicted molar refractivity (Wildman–Crippen MR) is 117 cm³/mol. The Kier molecular flexibility index (Phi) is 6.20. The Morgan fingerprint density at radius 3 is 2.90 bits per heavy atom. The highest BCUT2D eigenvalue weighted by atomic mass is 32.2. The molecule has 2 aliphatic rings. The summed E-state index contributed by atoms with van der Waals surface area (Å²) in [6.45, 7) is 3.87. The molecule has 1 aromatic heterocycles. The van der Waals surface area contributed by atoms with Crippen molar-refractivity contribution in [2.45, 2.75) is 36.2 Å². The topological polar surface area (TPSA) is 64.4 Å². The number of likely N-dealkylation sites (tertiary alicyclic amines) is 1. The van der Waals surface area contributed by atoms with Gasteiger partial charge in [0.2, 0.25) is 5.91 Å². The Morgan fingerprint density at radius 1 is 1.34 bits per heavy atom. The number of methoxy groups -OCH3 is 1. The highest BCUT2D eigenvalue weighted by Gasteiger charge is 2.25. The van der Waals surface area contributed by atoms with Crippen molar-refractivity contribution in [1.29, 1.82) is 0 Å². The number of aromatic nitrogens is 2. The SMILES string of the molecule is COc1cccc(-n2c(SCC(=O)N3CCC(C)CC3)nc3c(c2=O)SCC3)c1. The molecular formula is C21H25N3O3S2. The summed E-state index contributed by atoms with van der Waals surface area (Å²) in [6, 6.07) is 7.40. The number of thioether (sulfide) groups is 2. The van der Waals surface area contributed by atoms with Crippen LogP contribution in [0.5, 0.6) is 5.75 Å².